The molecule has 1 aliphatic rings. The summed E-state index contributed by atoms with van der Waals surface area (Å²) >= 11 is 2.76. The Morgan fingerprint density at radius 2 is 2.20 bits per heavy atom. The van der Waals surface area contributed by atoms with Crippen LogP contribution in [0.1, 0.15) is 47.1 Å². The third kappa shape index (κ3) is 3.89. The van der Waals surface area contributed by atoms with Gasteiger partial charge in [0.2, 0.25) is 11.7 Å². The topological polar surface area (TPSA) is 99.2 Å². The van der Waals surface area contributed by atoms with Crippen LogP contribution in [0.4, 0.5) is 5.00 Å². The maximum absolute atomic E-state index is 12.6. The molecule has 10 heteroatoms. The van der Waals surface area contributed by atoms with Crippen molar-refractivity contribution in [1.82, 2.24) is 14.8 Å². The van der Waals surface area contributed by atoms with Gasteiger partial charge in [-0.15, -0.1) is 21.5 Å². The second-order valence-electron chi connectivity index (χ2n) is 7.14. The zero-order chi connectivity index (χ0) is 21.3. The first-order valence-corrected chi connectivity index (χ1v) is 11.4. The third-order valence-corrected chi connectivity index (χ3v) is 6.97. The summed E-state index contributed by atoms with van der Waals surface area (Å²) in [4.78, 5) is 26.0. The van der Waals surface area contributed by atoms with Crippen LogP contribution in [-0.4, -0.2) is 39.5 Å². The fraction of sp³-hybridized carbons (Fsp3) is 0.400. The average molecular weight is 447 g/mol. The highest BCUT2D eigenvalue weighted by atomic mass is 32.2. The molecular formula is C20H22N4O4S2. The molecule has 0 spiro atoms. The molecule has 4 rings (SSSR count). The number of amides is 1. The highest BCUT2D eigenvalue weighted by Crippen LogP contribution is 2.39. The quantitative estimate of drug-likeness (QED) is 0.429. The minimum atomic E-state index is -0.403. The van der Waals surface area contributed by atoms with Crippen LogP contribution in [0.3, 0.4) is 0 Å². The number of carbonyl (C=O) groups is 2. The van der Waals surface area contributed by atoms with E-state index in [4.69, 9.17) is 9.15 Å². The molecule has 1 amide bonds. The van der Waals surface area contributed by atoms with Crippen molar-refractivity contribution >= 4 is 40.0 Å². The van der Waals surface area contributed by atoms with Crippen LogP contribution in [-0.2, 0) is 22.4 Å². The highest BCUT2D eigenvalue weighted by Gasteiger charge is 2.28. The van der Waals surface area contributed by atoms with Gasteiger partial charge in [0.15, 0.2) is 10.9 Å². The van der Waals surface area contributed by atoms with Crippen LogP contribution in [0, 0.1) is 0 Å². The summed E-state index contributed by atoms with van der Waals surface area (Å²) in [6.45, 7) is 4.05. The van der Waals surface area contributed by atoms with E-state index >= 15 is 0 Å². The fourth-order valence-electron chi connectivity index (χ4n) is 3.52. The van der Waals surface area contributed by atoms with Crippen molar-refractivity contribution in [3.05, 3.63) is 34.4 Å². The number of ether oxygens (including phenoxy) is 1. The molecule has 0 saturated carbocycles. The zero-order valence-electron chi connectivity index (χ0n) is 16.9. The highest BCUT2D eigenvalue weighted by molar-refractivity contribution is 7.99. The first-order valence-electron chi connectivity index (χ1n) is 9.63. The number of carbonyl (C=O) groups excluding carboxylic acids is 2. The van der Waals surface area contributed by atoms with E-state index in [1.54, 1.807) is 12.3 Å². The van der Waals surface area contributed by atoms with Gasteiger partial charge in [-0.05, 0) is 50.8 Å². The van der Waals surface area contributed by atoms with E-state index in [1.807, 2.05) is 24.5 Å². The van der Waals surface area contributed by atoms with Gasteiger partial charge in [0, 0.05) is 10.9 Å². The monoisotopic (exact) mass is 446 g/mol. The molecule has 0 atom stereocenters. The van der Waals surface area contributed by atoms with Crippen LogP contribution in [0.5, 0.6) is 0 Å². The molecule has 0 aliphatic heterocycles. The predicted molar refractivity (Wildman–Crippen MR) is 115 cm³/mol. The number of nitrogens with one attached hydrogen (secondary N) is 1. The molecule has 0 saturated heterocycles. The third-order valence-electron chi connectivity index (χ3n) is 4.82. The van der Waals surface area contributed by atoms with E-state index < -0.39 is 5.97 Å². The number of fused-ring (bicyclic) bond motifs is 1. The molecule has 8 nitrogen and oxygen atoms in total. The molecule has 158 valence electrons. The SMILES string of the molecule is COC(=O)c1c(NC(=O)CSc2nnc(-c3ccco3)n2C(C)C)sc2c1CCC2. The summed E-state index contributed by atoms with van der Waals surface area (Å²) in [6.07, 6.45) is 4.39. The van der Waals surface area contributed by atoms with Gasteiger partial charge in [0.1, 0.15) is 5.00 Å². The molecular weight excluding hydrogens is 424 g/mol. The maximum Gasteiger partial charge on any atom is 0.341 e. The van der Waals surface area contributed by atoms with Crippen LogP contribution in [0.15, 0.2) is 28.0 Å². The molecule has 3 heterocycles. The summed E-state index contributed by atoms with van der Waals surface area (Å²) in [5.74, 6) is 0.790. The minimum absolute atomic E-state index is 0.0943. The summed E-state index contributed by atoms with van der Waals surface area (Å²) in [5, 5.41) is 12.6. The van der Waals surface area contributed by atoms with Gasteiger partial charge in [-0.2, -0.15) is 0 Å². The number of aryl methyl sites for hydroxylation is 1. The Labute approximate surface area is 182 Å². The second kappa shape index (κ2) is 8.65. The minimum Gasteiger partial charge on any atom is -0.465 e. The van der Waals surface area contributed by atoms with E-state index in [0.29, 0.717) is 27.3 Å². The molecule has 0 radical (unpaired) electrons. The Morgan fingerprint density at radius 1 is 1.37 bits per heavy atom. The number of methoxy groups -OCH3 is 1. The summed E-state index contributed by atoms with van der Waals surface area (Å²) < 4.78 is 12.3. The van der Waals surface area contributed by atoms with E-state index in [9.17, 15) is 9.59 Å². The van der Waals surface area contributed by atoms with Gasteiger partial charge in [0.25, 0.3) is 0 Å². The number of rotatable bonds is 7. The molecule has 0 bridgehead atoms. The number of hydrogen-bond acceptors (Lipinski definition) is 8. The van der Waals surface area contributed by atoms with Crippen molar-refractivity contribution in [3.63, 3.8) is 0 Å². The first-order chi connectivity index (χ1) is 14.5. The second-order valence-corrected chi connectivity index (χ2v) is 9.18. The Morgan fingerprint density at radius 3 is 2.90 bits per heavy atom. The van der Waals surface area contributed by atoms with Gasteiger partial charge >= 0.3 is 5.97 Å². The number of anilines is 1. The lowest BCUT2D eigenvalue weighted by Gasteiger charge is -2.12. The van der Waals surface area contributed by atoms with Gasteiger partial charge in [-0.1, -0.05) is 11.8 Å². The number of hydrogen-bond donors (Lipinski definition) is 1. The van der Waals surface area contributed by atoms with Gasteiger partial charge in [-0.25, -0.2) is 4.79 Å². The Bertz CT molecular complexity index is 1070. The smallest absolute Gasteiger partial charge is 0.341 e. The first kappa shape index (κ1) is 20.7. The van der Waals surface area contributed by atoms with Crippen molar-refractivity contribution < 1.29 is 18.7 Å². The molecule has 0 unspecified atom stereocenters. The summed E-state index contributed by atoms with van der Waals surface area (Å²) in [6, 6.07) is 3.72. The van der Waals surface area contributed by atoms with Gasteiger partial charge in [0.05, 0.1) is 24.7 Å². The lowest BCUT2D eigenvalue weighted by molar-refractivity contribution is -0.113. The van der Waals surface area contributed by atoms with Crippen molar-refractivity contribution in [3.8, 4) is 11.6 Å². The number of aromatic nitrogens is 3. The largest absolute Gasteiger partial charge is 0.465 e. The van der Waals surface area contributed by atoms with E-state index in [1.165, 1.54) is 30.2 Å². The number of esters is 1. The molecule has 0 fully saturated rings. The van der Waals surface area contributed by atoms with Crippen molar-refractivity contribution in [2.75, 3.05) is 18.2 Å². The standard InChI is InChI=1S/C20H22N4O4S2/c1-11(2)24-17(13-7-5-9-28-13)22-23-20(24)29-10-15(25)21-18-16(19(26)27-3)12-6-4-8-14(12)30-18/h5,7,9,11H,4,6,8,10H2,1-3H3,(H,21,25). The molecule has 0 aromatic carbocycles. The molecule has 1 N–H and O–H groups in total. The molecule has 3 aromatic rings. The van der Waals surface area contributed by atoms with Gasteiger partial charge < -0.3 is 14.5 Å². The van der Waals surface area contributed by atoms with E-state index in [0.717, 1.165) is 29.7 Å². The maximum atomic E-state index is 12.6. The molecule has 3 aromatic heterocycles. The Kier molecular flexibility index (Phi) is 5.96. The number of furan rings is 1. The summed E-state index contributed by atoms with van der Waals surface area (Å²) in [7, 11) is 1.36. The number of thiophene rings is 1. The van der Waals surface area contributed by atoms with Crippen LogP contribution in [0.25, 0.3) is 11.6 Å². The van der Waals surface area contributed by atoms with Crippen LogP contribution >= 0.6 is 23.1 Å². The van der Waals surface area contributed by atoms with Crippen molar-refractivity contribution in [2.24, 2.45) is 0 Å². The average Bonchev–Trinajstić information content (AvgIpc) is 3.48. The fourth-order valence-corrected chi connectivity index (χ4v) is 5.68. The van der Waals surface area contributed by atoms with Crippen LogP contribution < -0.4 is 5.32 Å². The van der Waals surface area contributed by atoms with E-state index in [-0.39, 0.29) is 17.7 Å². The lowest BCUT2D eigenvalue weighted by Crippen LogP contribution is -2.17. The molecule has 30 heavy (non-hydrogen) atoms. The number of nitrogens with zero attached hydrogens (tertiary/aromatic N) is 3. The van der Waals surface area contributed by atoms with Crippen molar-refractivity contribution in [1.29, 1.82) is 0 Å². The van der Waals surface area contributed by atoms with Crippen LogP contribution in [0.2, 0.25) is 0 Å². The zero-order valence-corrected chi connectivity index (χ0v) is 18.6. The van der Waals surface area contributed by atoms with Gasteiger partial charge in [-0.3, -0.25) is 9.36 Å². The Hall–Kier alpha value is -2.59. The normalized spacial score (nSPS) is 12.9. The predicted octanol–water partition coefficient (Wildman–Crippen LogP) is 4.19. The summed E-state index contributed by atoms with van der Waals surface area (Å²) in [5.41, 5.74) is 1.51. The number of thioether (sulfide) groups is 1. The van der Waals surface area contributed by atoms with Crippen molar-refractivity contribution in [2.45, 2.75) is 44.3 Å². The molecule has 1 aliphatic carbocycles. The van der Waals surface area contributed by atoms with E-state index in [2.05, 4.69) is 15.5 Å². The Balaban J connectivity index is 1.49. The lowest BCUT2D eigenvalue weighted by atomic mass is 10.1.